The molecule has 1 aromatic heterocycles. The molecule has 1 atom stereocenters. The molecule has 0 aliphatic heterocycles. The zero-order valence-electron chi connectivity index (χ0n) is 9.53. The predicted octanol–water partition coefficient (Wildman–Crippen LogP) is 1.76. The zero-order valence-corrected chi connectivity index (χ0v) is 12.7. The lowest BCUT2D eigenvalue weighted by atomic mass is 10.4. The van der Waals surface area contributed by atoms with Crippen molar-refractivity contribution in [3.63, 3.8) is 0 Å². The molecule has 1 saturated carbocycles. The normalized spacial score (nSPS) is 21.7. The summed E-state index contributed by atoms with van der Waals surface area (Å²) < 4.78 is 24.8. The smallest absolute Gasteiger partial charge is 0.274 e. The summed E-state index contributed by atoms with van der Waals surface area (Å²) in [4.78, 5) is 15.7. The van der Waals surface area contributed by atoms with Gasteiger partial charge in [0.15, 0.2) is 4.21 Å². The second-order valence-electron chi connectivity index (χ2n) is 4.09. The van der Waals surface area contributed by atoms with Crippen LogP contribution in [0.2, 0.25) is 0 Å². The maximum absolute atomic E-state index is 12.0. The lowest BCUT2D eigenvalue weighted by molar-refractivity contribution is -0.120. The Balaban J connectivity index is 2.18. The van der Waals surface area contributed by atoms with Crippen molar-refractivity contribution in [2.75, 3.05) is 0 Å². The molecule has 0 radical (unpaired) electrons. The number of aromatic nitrogens is 1. The van der Waals surface area contributed by atoms with Crippen molar-refractivity contribution in [3.8, 4) is 0 Å². The van der Waals surface area contributed by atoms with Gasteiger partial charge in [-0.1, -0.05) is 0 Å². The highest BCUT2D eigenvalue weighted by atomic mass is 35.5. The molecule has 1 aliphatic rings. The summed E-state index contributed by atoms with van der Waals surface area (Å²) in [6.45, 7) is 3.27. The maximum Gasteiger partial charge on any atom is 0.275 e. The Labute approximate surface area is 119 Å². The third-order valence-electron chi connectivity index (χ3n) is 2.48. The van der Waals surface area contributed by atoms with Crippen LogP contribution < -0.4 is 4.72 Å². The largest absolute Gasteiger partial charge is 0.275 e. The summed E-state index contributed by atoms with van der Waals surface area (Å²) in [5.74, 6) is -1.35. The fourth-order valence-electron chi connectivity index (χ4n) is 1.51. The van der Waals surface area contributed by atoms with Gasteiger partial charge < -0.3 is 0 Å². The van der Waals surface area contributed by atoms with Gasteiger partial charge in [0.05, 0.1) is 16.6 Å². The summed E-state index contributed by atoms with van der Waals surface area (Å²) in [6.07, 6.45) is 0.262. The van der Waals surface area contributed by atoms with E-state index in [4.69, 9.17) is 23.2 Å². The van der Waals surface area contributed by atoms with Crippen molar-refractivity contribution >= 4 is 50.5 Å². The molecule has 1 fully saturated rings. The lowest BCUT2D eigenvalue weighted by Crippen LogP contribution is -2.32. The van der Waals surface area contributed by atoms with Crippen LogP contribution in [-0.2, 0) is 14.8 Å². The highest BCUT2D eigenvalue weighted by Gasteiger charge is 2.57. The van der Waals surface area contributed by atoms with E-state index in [2.05, 4.69) is 4.98 Å². The Morgan fingerprint density at radius 3 is 2.44 bits per heavy atom. The molecular formula is C9H10Cl2N2O3S2. The molecular weight excluding hydrogens is 319 g/mol. The average molecular weight is 329 g/mol. The quantitative estimate of drug-likeness (QED) is 0.858. The first-order valence-electron chi connectivity index (χ1n) is 5.02. The molecule has 0 aromatic carbocycles. The number of thiazole rings is 1. The minimum atomic E-state index is -3.89. The van der Waals surface area contributed by atoms with E-state index in [1.54, 1.807) is 13.8 Å². The first-order valence-corrected chi connectivity index (χ1v) is 8.07. The van der Waals surface area contributed by atoms with Gasteiger partial charge in [0.2, 0.25) is 5.91 Å². The molecule has 1 aliphatic carbocycles. The Kier molecular flexibility index (Phi) is 3.38. The van der Waals surface area contributed by atoms with E-state index in [-0.39, 0.29) is 10.6 Å². The number of carbonyl (C=O) groups excluding carboxylic acids is 1. The first-order chi connectivity index (χ1) is 8.13. The van der Waals surface area contributed by atoms with Crippen LogP contribution >= 0.6 is 34.5 Å². The van der Waals surface area contributed by atoms with Crippen LogP contribution in [-0.4, -0.2) is 23.6 Å². The fourth-order valence-corrected chi connectivity index (χ4v) is 4.52. The fraction of sp³-hybridized carbons (Fsp3) is 0.556. The zero-order chi connectivity index (χ0) is 13.7. The van der Waals surface area contributed by atoms with Gasteiger partial charge in [0, 0.05) is 0 Å². The van der Waals surface area contributed by atoms with E-state index in [0.717, 1.165) is 11.3 Å². The molecule has 1 aromatic rings. The van der Waals surface area contributed by atoms with Crippen LogP contribution in [0.5, 0.6) is 0 Å². The third kappa shape index (κ3) is 2.64. The summed E-state index contributed by atoms with van der Waals surface area (Å²) in [7, 11) is -3.89. The molecule has 0 spiro atoms. The van der Waals surface area contributed by atoms with Crippen LogP contribution in [0, 0.1) is 19.8 Å². The number of hydrogen-bond donors (Lipinski definition) is 1. The Morgan fingerprint density at radius 2 is 2.06 bits per heavy atom. The monoisotopic (exact) mass is 328 g/mol. The van der Waals surface area contributed by atoms with Crippen LogP contribution in [0.15, 0.2) is 4.21 Å². The van der Waals surface area contributed by atoms with Crippen molar-refractivity contribution in [3.05, 3.63) is 10.7 Å². The number of nitrogens with zero attached hydrogens (tertiary/aromatic N) is 1. The Hall–Kier alpha value is -0.370. The van der Waals surface area contributed by atoms with Crippen LogP contribution in [0.1, 0.15) is 17.1 Å². The highest BCUT2D eigenvalue weighted by molar-refractivity contribution is 7.92. The third-order valence-corrected chi connectivity index (χ3v) is 6.35. The van der Waals surface area contributed by atoms with Gasteiger partial charge in [-0.3, -0.25) is 4.79 Å². The van der Waals surface area contributed by atoms with Gasteiger partial charge in [0.25, 0.3) is 10.0 Å². The van der Waals surface area contributed by atoms with Gasteiger partial charge in [-0.05, 0) is 20.3 Å². The summed E-state index contributed by atoms with van der Waals surface area (Å²) >= 11 is 12.4. The van der Waals surface area contributed by atoms with E-state index in [1.807, 2.05) is 4.72 Å². The topological polar surface area (TPSA) is 76.1 Å². The van der Waals surface area contributed by atoms with E-state index in [0.29, 0.717) is 10.7 Å². The second kappa shape index (κ2) is 4.33. The lowest BCUT2D eigenvalue weighted by Gasteiger charge is -2.05. The van der Waals surface area contributed by atoms with E-state index in [1.165, 1.54) is 0 Å². The molecule has 0 saturated heterocycles. The van der Waals surface area contributed by atoms with Crippen molar-refractivity contribution in [1.82, 2.24) is 9.71 Å². The highest BCUT2D eigenvalue weighted by Crippen LogP contribution is 2.53. The number of alkyl halides is 2. The molecule has 1 N–H and O–H groups in total. The molecule has 9 heteroatoms. The van der Waals surface area contributed by atoms with Crippen LogP contribution in [0.4, 0.5) is 0 Å². The molecule has 5 nitrogen and oxygen atoms in total. The molecule has 18 heavy (non-hydrogen) atoms. The molecule has 100 valence electrons. The van der Waals surface area contributed by atoms with E-state index >= 15 is 0 Å². The standard InChI is InChI=1S/C9H10Cl2N2O3S2/c1-4-8(17-5(2)12-4)18(15,16)13-7(14)6-3-9(6,10)11/h6H,3H2,1-2H3,(H,13,14). The Bertz CT molecular complexity index is 609. The molecule has 1 heterocycles. The van der Waals surface area contributed by atoms with E-state index < -0.39 is 26.2 Å². The number of hydrogen-bond acceptors (Lipinski definition) is 5. The van der Waals surface area contributed by atoms with Gasteiger partial charge in [0.1, 0.15) is 4.33 Å². The van der Waals surface area contributed by atoms with Crippen molar-refractivity contribution < 1.29 is 13.2 Å². The number of sulfonamides is 1. The minimum Gasteiger partial charge on any atom is -0.274 e. The van der Waals surface area contributed by atoms with Gasteiger partial charge in [-0.15, -0.1) is 34.5 Å². The minimum absolute atomic E-state index is 0.0451. The summed E-state index contributed by atoms with van der Waals surface area (Å²) in [6, 6.07) is 0. The number of halogens is 2. The second-order valence-corrected chi connectivity index (χ2v) is 8.72. The molecule has 0 bridgehead atoms. The predicted molar refractivity (Wildman–Crippen MR) is 69.5 cm³/mol. The molecule has 1 unspecified atom stereocenters. The van der Waals surface area contributed by atoms with Gasteiger partial charge in [-0.2, -0.15) is 0 Å². The van der Waals surface area contributed by atoms with Crippen molar-refractivity contribution in [2.45, 2.75) is 28.8 Å². The molecule has 2 rings (SSSR count). The maximum atomic E-state index is 12.0. The van der Waals surface area contributed by atoms with Gasteiger partial charge >= 0.3 is 0 Å². The molecule has 1 amide bonds. The van der Waals surface area contributed by atoms with Gasteiger partial charge in [-0.25, -0.2) is 18.1 Å². The Morgan fingerprint density at radius 1 is 1.50 bits per heavy atom. The van der Waals surface area contributed by atoms with Crippen LogP contribution in [0.25, 0.3) is 0 Å². The summed E-state index contributed by atoms with van der Waals surface area (Å²) in [5, 5.41) is 0.621. The summed E-state index contributed by atoms with van der Waals surface area (Å²) in [5.41, 5.74) is 0.372. The van der Waals surface area contributed by atoms with Crippen molar-refractivity contribution in [2.24, 2.45) is 5.92 Å². The van der Waals surface area contributed by atoms with Crippen molar-refractivity contribution in [1.29, 1.82) is 0 Å². The number of amides is 1. The number of aryl methyl sites for hydroxylation is 2. The number of nitrogens with one attached hydrogen (secondary N) is 1. The number of rotatable bonds is 3. The first kappa shape index (κ1) is 14.0. The van der Waals surface area contributed by atoms with E-state index in [9.17, 15) is 13.2 Å². The number of carbonyl (C=O) groups is 1. The van der Waals surface area contributed by atoms with Crippen LogP contribution in [0.3, 0.4) is 0 Å². The average Bonchev–Trinajstić information content (AvgIpc) is 2.68. The SMILES string of the molecule is Cc1nc(C)c(S(=O)(=O)NC(=O)C2CC2(Cl)Cl)s1.